The van der Waals surface area contributed by atoms with E-state index >= 15 is 0 Å². The second-order valence-corrected chi connectivity index (χ2v) is 5.42. The van der Waals surface area contributed by atoms with Crippen LogP contribution in [0.5, 0.6) is 0 Å². The summed E-state index contributed by atoms with van der Waals surface area (Å²) >= 11 is 0. The van der Waals surface area contributed by atoms with Crippen LogP contribution in [0.25, 0.3) is 0 Å². The fraction of sp³-hybridized carbons (Fsp3) is 0.500. The monoisotopic (exact) mass is 286 g/mol. The van der Waals surface area contributed by atoms with Crippen LogP contribution in [0.1, 0.15) is 31.4 Å². The van der Waals surface area contributed by atoms with Crippen molar-refractivity contribution in [3.05, 3.63) is 42.4 Å². The molecule has 5 heteroatoms. The zero-order chi connectivity index (χ0) is 14.5. The van der Waals surface area contributed by atoms with Gasteiger partial charge in [0.2, 0.25) is 5.89 Å². The van der Waals surface area contributed by atoms with Crippen molar-refractivity contribution in [3.8, 4) is 0 Å². The van der Waals surface area contributed by atoms with Gasteiger partial charge in [0, 0.05) is 43.6 Å². The molecule has 0 amide bonds. The summed E-state index contributed by atoms with van der Waals surface area (Å²) in [5.41, 5.74) is 1.27. The van der Waals surface area contributed by atoms with Gasteiger partial charge in [-0.25, -0.2) is 4.98 Å². The lowest BCUT2D eigenvalue weighted by molar-refractivity contribution is 0.375. The summed E-state index contributed by atoms with van der Waals surface area (Å²) in [7, 11) is 0. The van der Waals surface area contributed by atoms with Crippen LogP contribution in [0.3, 0.4) is 0 Å². The summed E-state index contributed by atoms with van der Waals surface area (Å²) in [6, 6.07) is 4.69. The van der Waals surface area contributed by atoms with Gasteiger partial charge in [-0.05, 0) is 25.0 Å². The third-order valence-electron chi connectivity index (χ3n) is 4.01. The van der Waals surface area contributed by atoms with Crippen LogP contribution in [0.4, 0.5) is 5.69 Å². The molecule has 1 N–H and O–H groups in total. The quantitative estimate of drug-likeness (QED) is 0.914. The number of pyridine rings is 1. The van der Waals surface area contributed by atoms with Crippen LogP contribution in [-0.2, 0) is 13.0 Å². The Balaban J connectivity index is 1.45. The molecule has 1 aliphatic rings. The Kier molecular flexibility index (Phi) is 4.50. The lowest BCUT2D eigenvalue weighted by Crippen LogP contribution is -2.42. The third kappa shape index (κ3) is 3.61. The van der Waals surface area contributed by atoms with E-state index in [0.29, 0.717) is 6.04 Å². The molecule has 0 aromatic carbocycles. The Bertz CT molecular complexity index is 546. The predicted octanol–water partition coefficient (Wildman–Crippen LogP) is 2.39. The predicted molar refractivity (Wildman–Crippen MR) is 82.2 cm³/mol. The van der Waals surface area contributed by atoms with Gasteiger partial charge in [-0.2, -0.15) is 0 Å². The standard InChI is InChI=1S/C16H22N4O/c1-2-15-11-19-16(21-15)12-18-13-5-9-20(10-6-13)14-3-7-17-8-4-14/h3-4,7-8,11,13,18H,2,5-6,9-10,12H2,1H3. The molecular weight excluding hydrogens is 264 g/mol. The molecule has 0 atom stereocenters. The van der Waals surface area contributed by atoms with Crippen LogP contribution in [0, 0.1) is 0 Å². The minimum absolute atomic E-state index is 0.542. The van der Waals surface area contributed by atoms with Gasteiger partial charge in [0.1, 0.15) is 5.76 Å². The molecule has 1 aliphatic heterocycles. The van der Waals surface area contributed by atoms with Crippen molar-refractivity contribution in [1.29, 1.82) is 0 Å². The highest BCUT2D eigenvalue weighted by molar-refractivity contribution is 5.44. The lowest BCUT2D eigenvalue weighted by atomic mass is 10.0. The molecule has 1 fully saturated rings. The third-order valence-corrected chi connectivity index (χ3v) is 4.01. The van der Waals surface area contributed by atoms with Gasteiger partial charge in [-0.1, -0.05) is 6.92 Å². The molecule has 1 saturated heterocycles. The van der Waals surface area contributed by atoms with Gasteiger partial charge in [-0.15, -0.1) is 0 Å². The maximum atomic E-state index is 5.62. The van der Waals surface area contributed by atoms with E-state index in [1.807, 2.05) is 18.6 Å². The number of nitrogens with zero attached hydrogens (tertiary/aromatic N) is 3. The van der Waals surface area contributed by atoms with E-state index in [1.165, 1.54) is 5.69 Å². The van der Waals surface area contributed by atoms with Crippen LogP contribution < -0.4 is 10.2 Å². The molecule has 0 radical (unpaired) electrons. The Hall–Kier alpha value is -1.88. The second-order valence-electron chi connectivity index (χ2n) is 5.42. The van der Waals surface area contributed by atoms with Crippen molar-refractivity contribution in [2.75, 3.05) is 18.0 Å². The van der Waals surface area contributed by atoms with Crippen molar-refractivity contribution >= 4 is 5.69 Å². The average molecular weight is 286 g/mol. The van der Waals surface area contributed by atoms with Crippen molar-refractivity contribution in [3.63, 3.8) is 0 Å². The second kappa shape index (κ2) is 6.72. The smallest absolute Gasteiger partial charge is 0.208 e. The van der Waals surface area contributed by atoms with Crippen LogP contribution in [0.2, 0.25) is 0 Å². The summed E-state index contributed by atoms with van der Waals surface area (Å²) in [6.07, 6.45) is 8.72. The molecule has 112 valence electrons. The first kappa shape index (κ1) is 14.1. The number of anilines is 1. The number of aromatic nitrogens is 2. The van der Waals surface area contributed by atoms with Gasteiger partial charge in [-0.3, -0.25) is 4.98 Å². The summed E-state index contributed by atoms with van der Waals surface area (Å²) < 4.78 is 5.62. The zero-order valence-electron chi connectivity index (χ0n) is 12.5. The fourth-order valence-electron chi connectivity index (χ4n) is 2.72. The number of piperidine rings is 1. The molecule has 0 aliphatic carbocycles. The van der Waals surface area contributed by atoms with Crippen LogP contribution in [0.15, 0.2) is 35.1 Å². The Morgan fingerprint density at radius 2 is 2.05 bits per heavy atom. The van der Waals surface area contributed by atoms with E-state index in [1.54, 1.807) is 0 Å². The van der Waals surface area contributed by atoms with Crippen molar-refractivity contribution in [2.24, 2.45) is 0 Å². The molecule has 0 unspecified atom stereocenters. The largest absolute Gasteiger partial charge is 0.444 e. The first-order chi connectivity index (χ1) is 10.3. The normalized spacial score (nSPS) is 16.3. The van der Waals surface area contributed by atoms with Crippen molar-refractivity contribution < 1.29 is 4.42 Å². The minimum Gasteiger partial charge on any atom is -0.444 e. The first-order valence-corrected chi connectivity index (χ1v) is 7.67. The van der Waals surface area contributed by atoms with Gasteiger partial charge in [0.25, 0.3) is 0 Å². The number of rotatable bonds is 5. The maximum Gasteiger partial charge on any atom is 0.208 e. The number of hydrogen-bond acceptors (Lipinski definition) is 5. The molecule has 0 spiro atoms. The molecule has 0 bridgehead atoms. The Morgan fingerprint density at radius 3 is 2.71 bits per heavy atom. The molecule has 2 aromatic heterocycles. The molecule has 3 rings (SSSR count). The Labute approximate surface area is 125 Å². The van der Waals surface area contributed by atoms with Crippen molar-refractivity contribution in [1.82, 2.24) is 15.3 Å². The summed E-state index contributed by atoms with van der Waals surface area (Å²) in [5.74, 6) is 1.75. The summed E-state index contributed by atoms with van der Waals surface area (Å²) in [5, 5.41) is 3.55. The topological polar surface area (TPSA) is 54.2 Å². The molecule has 21 heavy (non-hydrogen) atoms. The molecule has 3 heterocycles. The number of hydrogen-bond donors (Lipinski definition) is 1. The fourth-order valence-corrected chi connectivity index (χ4v) is 2.72. The van der Waals surface area contributed by atoms with Gasteiger partial charge in [0.15, 0.2) is 0 Å². The number of oxazole rings is 1. The van der Waals surface area contributed by atoms with Gasteiger partial charge in [0.05, 0.1) is 12.7 Å². The SMILES string of the molecule is CCc1cnc(CNC2CCN(c3ccncc3)CC2)o1. The van der Waals surface area contributed by atoms with E-state index in [0.717, 1.165) is 50.5 Å². The highest BCUT2D eigenvalue weighted by atomic mass is 16.4. The number of aryl methyl sites for hydroxylation is 1. The van der Waals surface area contributed by atoms with E-state index < -0.39 is 0 Å². The Morgan fingerprint density at radius 1 is 1.29 bits per heavy atom. The highest BCUT2D eigenvalue weighted by Crippen LogP contribution is 2.19. The van der Waals surface area contributed by atoms with E-state index in [9.17, 15) is 0 Å². The zero-order valence-corrected chi connectivity index (χ0v) is 12.5. The highest BCUT2D eigenvalue weighted by Gasteiger charge is 2.19. The summed E-state index contributed by atoms with van der Waals surface area (Å²) in [6.45, 7) is 4.95. The maximum absolute atomic E-state index is 5.62. The van der Waals surface area contributed by atoms with Gasteiger partial charge < -0.3 is 14.6 Å². The van der Waals surface area contributed by atoms with Crippen LogP contribution in [-0.4, -0.2) is 29.1 Å². The number of nitrogens with one attached hydrogen (secondary N) is 1. The molecule has 2 aromatic rings. The lowest BCUT2D eigenvalue weighted by Gasteiger charge is -2.33. The first-order valence-electron chi connectivity index (χ1n) is 7.67. The van der Waals surface area contributed by atoms with E-state index in [2.05, 4.69) is 39.2 Å². The van der Waals surface area contributed by atoms with E-state index in [4.69, 9.17) is 4.42 Å². The minimum atomic E-state index is 0.542. The van der Waals surface area contributed by atoms with Crippen LogP contribution >= 0.6 is 0 Å². The molecular formula is C16H22N4O. The van der Waals surface area contributed by atoms with E-state index in [-0.39, 0.29) is 0 Å². The summed E-state index contributed by atoms with van der Waals surface area (Å²) in [4.78, 5) is 10.8. The molecule has 5 nitrogen and oxygen atoms in total. The molecule has 0 saturated carbocycles. The van der Waals surface area contributed by atoms with Gasteiger partial charge >= 0.3 is 0 Å². The van der Waals surface area contributed by atoms with Crippen molar-refractivity contribution in [2.45, 2.75) is 38.8 Å². The average Bonchev–Trinajstić information content (AvgIpc) is 3.02.